The second-order valence-electron chi connectivity index (χ2n) is 5.17. The fourth-order valence-electron chi connectivity index (χ4n) is 2.52. The summed E-state index contributed by atoms with van der Waals surface area (Å²) < 4.78 is 0. The Kier molecular flexibility index (Phi) is 4.15. The van der Waals surface area contributed by atoms with Crippen LogP contribution in [0.25, 0.3) is 0 Å². The molecule has 2 N–H and O–H groups in total. The van der Waals surface area contributed by atoms with Crippen molar-refractivity contribution in [3.05, 3.63) is 44.8 Å². The Balaban J connectivity index is 1.79. The van der Waals surface area contributed by atoms with Crippen molar-refractivity contribution >= 4 is 22.4 Å². The summed E-state index contributed by atoms with van der Waals surface area (Å²) in [6.45, 7) is 0. The van der Waals surface area contributed by atoms with Gasteiger partial charge >= 0.3 is 0 Å². The lowest BCUT2D eigenvalue weighted by molar-refractivity contribution is 0.102. The van der Waals surface area contributed by atoms with Crippen LogP contribution in [-0.2, 0) is 12.8 Å². The van der Waals surface area contributed by atoms with E-state index in [1.165, 1.54) is 47.7 Å². The van der Waals surface area contributed by atoms with E-state index in [2.05, 4.69) is 15.3 Å². The number of fused-ring (bicyclic) bond motifs is 1. The van der Waals surface area contributed by atoms with E-state index in [4.69, 9.17) is 0 Å². The molecule has 2 aromatic heterocycles. The first-order valence-electron chi connectivity index (χ1n) is 7.21. The van der Waals surface area contributed by atoms with Crippen LogP contribution in [0.15, 0.2) is 23.1 Å². The van der Waals surface area contributed by atoms with Crippen LogP contribution in [-0.4, -0.2) is 15.9 Å². The molecule has 0 saturated heterocycles. The minimum absolute atomic E-state index is 0.111. The number of rotatable bonds is 2. The first kappa shape index (κ1) is 14.0. The maximum absolute atomic E-state index is 12.1. The van der Waals surface area contributed by atoms with E-state index in [0.717, 1.165) is 25.0 Å². The topological polar surface area (TPSA) is 74.8 Å². The monoisotopic (exact) mass is 303 g/mol. The highest BCUT2D eigenvalue weighted by atomic mass is 32.1. The minimum atomic E-state index is -0.404. The molecule has 110 valence electrons. The van der Waals surface area contributed by atoms with Crippen LogP contribution in [0.2, 0.25) is 0 Å². The number of anilines is 1. The summed E-state index contributed by atoms with van der Waals surface area (Å²) in [7, 11) is 0. The summed E-state index contributed by atoms with van der Waals surface area (Å²) >= 11 is 1.53. The number of aromatic nitrogens is 2. The molecular formula is C15H17N3O2S. The predicted octanol–water partition coefficient (Wildman–Crippen LogP) is 2.74. The largest absolute Gasteiger partial charge is 0.328 e. The van der Waals surface area contributed by atoms with Crippen molar-refractivity contribution in [3.8, 4) is 0 Å². The van der Waals surface area contributed by atoms with Crippen LogP contribution < -0.4 is 10.9 Å². The van der Waals surface area contributed by atoms with E-state index in [-0.39, 0.29) is 11.1 Å². The Morgan fingerprint density at radius 1 is 1.24 bits per heavy atom. The number of nitrogens with zero attached hydrogens (tertiary/aromatic N) is 1. The predicted molar refractivity (Wildman–Crippen MR) is 83.0 cm³/mol. The maximum atomic E-state index is 12.1. The zero-order valence-electron chi connectivity index (χ0n) is 11.6. The van der Waals surface area contributed by atoms with Crippen molar-refractivity contribution in [2.75, 3.05) is 5.32 Å². The molecule has 1 aliphatic rings. The third kappa shape index (κ3) is 3.21. The molecule has 1 aliphatic carbocycles. The average Bonchev–Trinajstić information content (AvgIpc) is 2.80. The van der Waals surface area contributed by atoms with E-state index in [1.807, 2.05) is 0 Å². The van der Waals surface area contributed by atoms with Gasteiger partial charge in [-0.1, -0.05) is 12.8 Å². The Hall–Kier alpha value is -1.95. The first-order valence-corrected chi connectivity index (χ1v) is 8.03. The second kappa shape index (κ2) is 6.22. The van der Waals surface area contributed by atoms with E-state index in [1.54, 1.807) is 6.07 Å². The Labute approximate surface area is 126 Å². The van der Waals surface area contributed by atoms with Gasteiger partial charge in [-0.2, -0.15) is 0 Å². The quantitative estimate of drug-likeness (QED) is 0.895. The Bertz CT molecular complexity index is 679. The zero-order valence-corrected chi connectivity index (χ0v) is 12.5. The standard InChI is InChI=1S/C15H17N3O2S/c19-13-10(6-5-9-16-13)14(20)18-15-17-11-7-3-1-2-4-8-12(11)21-15/h5-6,9H,1-4,7-8H2,(H,16,19)(H,17,18,20). The fraction of sp³-hybridized carbons (Fsp3) is 0.400. The average molecular weight is 303 g/mol. The van der Waals surface area contributed by atoms with E-state index in [0.29, 0.717) is 5.13 Å². The van der Waals surface area contributed by atoms with Gasteiger partial charge in [0.2, 0.25) is 0 Å². The molecule has 0 aliphatic heterocycles. The van der Waals surface area contributed by atoms with Crippen molar-refractivity contribution in [1.29, 1.82) is 0 Å². The van der Waals surface area contributed by atoms with Gasteiger partial charge in [0.1, 0.15) is 5.56 Å². The molecule has 6 heteroatoms. The molecule has 0 spiro atoms. The molecule has 2 heterocycles. The third-order valence-corrected chi connectivity index (χ3v) is 4.70. The number of carbonyl (C=O) groups is 1. The number of carbonyl (C=O) groups excluding carboxylic acids is 1. The highest BCUT2D eigenvalue weighted by molar-refractivity contribution is 7.15. The summed E-state index contributed by atoms with van der Waals surface area (Å²) in [4.78, 5) is 32.0. The number of pyridine rings is 1. The normalized spacial score (nSPS) is 14.9. The molecule has 0 fully saturated rings. The molecule has 3 rings (SSSR count). The number of aryl methyl sites for hydroxylation is 2. The number of nitrogens with one attached hydrogen (secondary N) is 2. The molecule has 0 atom stereocenters. The summed E-state index contributed by atoms with van der Waals surface area (Å²) in [5, 5.41) is 3.34. The van der Waals surface area contributed by atoms with Crippen LogP contribution >= 0.6 is 11.3 Å². The molecule has 0 radical (unpaired) electrons. The lowest BCUT2D eigenvalue weighted by Gasteiger charge is -2.06. The highest BCUT2D eigenvalue weighted by Gasteiger charge is 2.16. The SMILES string of the molecule is O=C(Nc1nc2c(s1)CCCCCC2)c1ccc[nH]c1=O. The maximum Gasteiger partial charge on any atom is 0.263 e. The molecule has 0 bridgehead atoms. The number of amides is 1. The number of thiazole rings is 1. The number of hydrogen-bond donors (Lipinski definition) is 2. The Morgan fingerprint density at radius 3 is 2.86 bits per heavy atom. The fourth-order valence-corrected chi connectivity index (χ4v) is 3.57. The van der Waals surface area contributed by atoms with Gasteiger partial charge in [0.25, 0.3) is 11.5 Å². The van der Waals surface area contributed by atoms with Crippen LogP contribution in [0.5, 0.6) is 0 Å². The summed E-state index contributed by atoms with van der Waals surface area (Å²) in [5.74, 6) is -0.404. The highest BCUT2D eigenvalue weighted by Crippen LogP contribution is 2.28. The molecule has 0 saturated carbocycles. The van der Waals surface area contributed by atoms with Crippen LogP contribution in [0.4, 0.5) is 5.13 Å². The van der Waals surface area contributed by atoms with Gasteiger partial charge in [0.15, 0.2) is 5.13 Å². The van der Waals surface area contributed by atoms with Gasteiger partial charge < -0.3 is 4.98 Å². The molecule has 2 aromatic rings. The number of hydrogen-bond acceptors (Lipinski definition) is 4. The molecule has 0 unspecified atom stereocenters. The van der Waals surface area contributed by atoms with Crippen LogP contribution in [0.1, 0.15) is 46.6 Å². The van der Waals surface area contributed by atoms with Gasteiger partial charge in [-0.25, -0.2) is 4.98 Å². The lowest BCUT2D eigenvalue weighted by atomic mass is 10.0. The summed E-state index contributed by atoms with van der Waals surface area (Å²) in [6, 6.07) is 3.15. The van der Waals surface area contributed by atoms with Crippen molar-refractivity contribution in [2.24, 2.45) is 0 Å². The smallest absolute Gasteiger partial charge is 0.263 e. The number of H-pyrrole nitrogens is 1. The van der Waals surface area contributed by atoms with Gasteiger partial charge in [-0.15, -0.1) is 11.3 Å². The van der Waals surface area contributed by atoms with Gasteiger partial charge in [0, 0.05) is 11.1 Å². The molecule has 1 amide bonds. The molecular weight excluding hydrogens is 286 g/mol. The van der Waals surface area contributed by atoms with Crippen LogP contribution in [0.3, 0.4) is 0 Å². The van der Waals surface area contributed by atoms with Crippen molar-refractivity contribution in [3.63, 3.8) is 0 Å². The Morgan fingerprint density at radius 2 is 2.05 bits per heavy atom. The molecule has 21 heavy (non-hydrogen) atoms. The van der Waals surface area contributed by atoms with Crippen LogP contribution in [0, 0.1) is 0 Å². The summed E-state index contributed by atoms with van der Waals surface area (Å²) in [5.41, 5.74) is 0.835. The summed E-state index contributed by atoms with van der Waals surface area (Å²) in [6.07, 6.45) is 8.37. The van der Waals surface area contributed by atoms with Gasteiger partial charge in [0.05, 0.1) is 5.69 Å². The lowest BCUT2D eigenvalue weighted by Crippen LogP contribution is -2.22. The van der Waals surface area contributed by atoms with Crippen molar-refractivity contribution < 1.29 is 4.79 Å². The third-order valence-electron chi connectivity index (χ3n) is 3.63. The molecule has 0 aromatic carbocycles. The first-order chi connectivity index (χ1) is 10.2. The van der Waals surface area contributed by atoms with Gasteiger partial charge in [-0.3, -0.25) is 14.9 Å². The van der Waals surface area contributed by atoms with E-state index < -0.39 is 5.91 Å². The zero-order chi connectivity index (χ0) is 14.7. The molecule has 5 nitrogen and oxygen atoms in total. The van der Waals surface area contributed by atoms with Crippen molar-refractivity contribution in [2.45, 2.75) is 38.5 Å². The van der Waals surface area contributed by atoms with Crippen molar-refractivity contribution in [1.82, 2.24) is 9.97 Å². The number of aromatic amines is 1. The minimum Gasteiger partial charge on any atom is -0.328 e. The van der Waals surface area contributed by atoms with E-state index >= 15 is 0 Å². The van der Waals surface area contributed by atoms with E-state index in [9.17, 15) is 9.59 Å². The van der Waals surface area contributed by atoms with Gasteiger partial charge in [-0.05, 0) is 37.8 Å². The second-order valence-corrected chi connectivity index (χ2v) is 6.25.